The predicted octanol–water partition coefficient (Wildman–Crippen LogP) is 3.66. The maximum absolute atomic E-state index is 12.8. The molecule has 2 aromatic carbocycles. The van der Waals surface area contributed by atoms with Crippen molar-refractivity contribution in [2.24, 2.45) is 0 Å². The molecule has 30 heavy (non-hydrogen) atoms. The Morgan fingerprint density at radius 1 is 1.17 bits per heavy atom. The maximum Gasteiger partial charge on any atom is 0.338 e. The zero-order valence-corrected chi connectivity index (χ0v) is 19.8. The smallest absolute Gasteiger partial charge is 0.338 e. The number of hydrogen-bond acceptors (Lipinski definition) is 6. The van der Waals surface area contributed by atoms with Crippen molar-refractivity contribution in [3.63, 3.8) is 0 Å². The van der Waals surface area contributed by atoms with Gasteiger partial charge in [-0.1, -0.05) is 22.0 Å². The topological polar surface area (TPSA) is 102 Å². The molecule has 1 unspecified atom stereocenters. The molecule has 0 aromatic heterocycles. The number of esters is 1. The molecule has 0 heterocycles. The lowest BCUT2D eigenvalue weighted by Gasteiger charge is -2.18. The minimum atomic E-state index is -3.89. The van der Waals surface area contributed by atoms with Crippen LogP contribution >= 0.6 is 27.7 Å². The van der Waals surface area contributed by atoms with Crippen LogP contribution in [0.15, 0.2) is 57.9 Å². The normalized spacial score (nSPS) is 12.2. The largest absolute Gasteiger partial charge is 0.462 e. The molecule has 2 aromatic rings. The Morgan fingerprint density at radius 3 is 2.50 bits per heavy atom. The quantitative estimate of drug-likeness (QED) is 0.469. The van der Waals surface area contributed by atoms with Crippen LogP contribution < -0.4 is 10.0 Å². The van der Waals surface area contributed by atoms with Crippen molar-refractivity contribution in [3.05, 3.63) is 58.6 Å². The summed E-state index contributed by atoms with van der Waals surface area (Å²) in [5.41, 5.74) is 0.674. The van der Waals surface area contributed by atoms with Gasteiger partial charge in [-0.15, -0.1) is 0 Å². The van der Waals surface area contributed by atoms with Crippen LogP contribution in [-0.2, 0) is 19.6 Å². The van der Waals surface area contributed by atoms with Crippen molar-refractivity contribution in [1.82, 2.24) is 4.72 Å². The summed E-state index contributed by atoms with van der Waals surface area (Å²) in [7, 11) is -3.89. The standard InChI is InChI=1S/C20H23BrN2O5S2/c1-3-28-20(25)14-5-4-6-16(13-14)22-19(24)18(11-12-29-2)23-30(26,27)17-9-7-15(21)8-10-17/h4-10,13,18,23H,3,11-12H2,1-2H3,(H,22,24). The molecule has 1 atom stereocenters. The second-order valence-corrected chi connectivity index (χ2v) is 9.82. The number of halogens is 1. The number of sulfonamides is 1. The molecule has 0 aliphatic rings. The van der Waals surface area contributed by atoms with Gasteiger partial charge in [0.25, 0.3) is 0 Å². The van der Waals surface area contributed by atoms with E-state index in [1.54, 1.807) is 37.3 Å². The van der Waals surface area contributed by atoms with Crippen LogP contribution in [0, 0.1) is 0 Å². The first-order chi connectivity index (χ1) is 14.3. The number of carbonyl (C=O) groups is 2. The van der Waals surface area contributed by atoms with Gasteiger partial charge in [-0.3, -0.25) is 4.79 Å². The van der Waals surface area contributed by atoms with Crippen LogP contribution in [0.3, 0.4) is 0 Å². The Bertz CT molecular complexity index is 981. The van der Waals surface area contributed by atoms with E-state index in [1.165, 1.54) is 30.0 Å². The summed E-state index contributed by atoms with van der Waals surface area (Å²) in [6.45, 7) is 1.95. The monoisotopic (exact) mass is 514 g/mol. The fourth-order valence-corrected chi connectivity index (χ4v) is 4.48. The summed E-state index contributed by atoms with van der Waals surface area (Å²) in [5, 5.41) is 2.68. The molecule has 2 N–H and O–H groups in total. The van der Waals surface area contributed by atoms with Gasteiger partial charge in [-0.2, -0.15) is 16.5 Å². The van der Waals surface area contributed by atoms with Crippen molar-refractivity contribution in [2.45, 2.75) is 24.3 Å². The number of amides is 1. The second-order valence-electron chi connectivity index (χ2n) is 6.20. The number of thioether (sulfide) groups is 1. The van der Waals surface area contributed by atoms with Gasteiger partial charge in [0.15, 0.2) is 0 Å². The Hall–Kier alpha value is -1.88. The molecule has 0 saturated carbocycles. The number of nitrogens with one attached hydrogen (secondary N) is 2. The van der Waals surface area contributed by atoms with E-state index in [4.69, 9.17) is 4.74 Å². The average Bonchev–Trinajstić information content (AvgIpc) is 2.71. The van der Waals surface area contributed by atoms with Gasteiger partial charge in [0.2, 0.25) is 15.9 Å². The Kier molecular flexibility index (Phi) is 9.35. The molecular weight excluding hydrogens is 492 g/mol. The van der Waals surface area contributed by atoms with Gasteiger partial charge in [-0.05, 0) is 67.8 Å². The highest BCUT2D eigenvalue weighted by atomic mass is 79.9. The van der Waals surface area contributed by atoms with E-state index >= 15 is 0 Å². The van der Waals surface area contributed by atoms with E-state index in [1.807, 2.05) is 6.26 Å². The van der Waals surface area contributed by atoms with Crippen molar-refractivity contribution in [3.8, 4) is 0 Å². The SMILES string of the molecule is CCOC(=O)c1cccc(NC(=O)C(CCSC)NS(=O)(=O)c2ccc(Br)cc2)c1. The molecule has 2 rings (SSSR count). The molecule has 0 aliphatic heterocycles. The zero-order chi connectivity index (χ0) is 22.1. The third kappa shape index (κ3) is 7.12. The molecule has 1 amide bonds. The van der Waals surface area contributed by atoms with Crippen LogP contribution in [0.2, 0.25) is 0 Å². The lowest BCUT2D eigenvalue weighted by Crippen LogP contribution is -2.44. The molecule has 7 nitrogen and oxygen atoms in total. The fourth-order valence-electron chi connectivity index (χ4n) is 2.52. The molecule has 0 spiro atoms. The lowest BCUT2D eigenvalue weighted by atomic mass is 10.2. The van der Waals surface area contributed by atoms with Gasteiger partial charge in [0.05, 0.1) is 17.1 Å². The lowest BCUT2D eigenvalue weighted by molar-refractivity contribution is -0.117. The molecule has 10 heteroatoms. The highest BCUT2D eigenvalue weighted by molar-refractivity contribution is 9.10. The second kappa shape index (κ2) is 11.5. The fraction of sp³-hybridized carbons (Fsp3) is 0.300. The van der Waals surface area contributed by atoms with Gasteiger partial charge in [0, 0.05) is 10.2 Å². The number of rotatable bonds is 10. The first-order valence-corrected chi connectivity index (χ1v) is 12.8. The molecule has 0 aliphatic carbocycles. The third-order valence-electron chi connectivity index (χ3n) is 3.99. The molecule has 0 fully saturated rings. The van der Waals surface area contributed by atoms with E-state index in [-0.39, 0.29) is 11.5 Å². The Balaban J connectivity index is 2.18. The van der Waals surface area contributed by atoms with Gasteiger partial charge >= 0.3 is 5.97 Å². The van der Waals surface area contributed by atoms with Crippen LogP contribution in [0.5, 0.6) is 0 Å². The zero-order valence-electron chi connectivity index (χ0n) is 16.6. The van der Waals surface area contributed by atoms with Crippen LogP contribution in [0.25, 0.3) is 0 Å². The van der Waals surface area contributed by atoms with E-state index in [0.717, 1.165) is 4.47 Å². The Labute approximate surface area is 189 Å². The van der Waals surface area contributed by atoms with E-state index in [9.17, 15) is 18.0 Å². The van der Waals surface area contributed by atoms with Gasteiger partial charge < -0.3 is 10.1 Å². The summed E-state index contributed by atoms with van der Waals surface area (Å²) >= 11 is 4.78. The highest BCUT2D eigenvalue weighted by Crippen LogP contribution is 2.17. The molecule has 0 radical (unpaired) electrons. The highest BCUT2D eigenvalue weighted by Gasteiger charge is 2.25. The number of carbonyl (C=O) groups excluding carboxylic acids is 2. The van der Waals surface area contributed by atoms with E-state index in [2.05, 4.69) is 26.0 Å². The number of benzene rings is 2. The summed E-state index contributed by atoms with van der Waals surface area (Å²) in [6.07, 6.45) is 2.18. The summed E-state index contributed by atoms with van der Waals surface area (Å²) in [4.78, 5) is 24.8. The molecule has 0 bridgehead atoms. The summed E-state index contributed by atoms with van der Waals surface area (Å²) < 4.78 is 33.6. The summed E-state index contributed by atoms with van der Waals surface area (Å²) in [6, 6.07) is 11.5. The Morgan fingerprint density at radius 2 is 1.87 bits per heavy atom. The molecule has 0 saturated heterocycles. The van der Waals surface area contributed by atoms with E-state index in [0.29, 0.717) is 23.4 Å². The van der Waals surface area contributed by atoms with Crippen LogP contribution in [0.1, 0.15) is 23.7 Å². The third-order valence-corrected chi connectivity index (χ3v) is 6.65. The first kappa shape index (κ1) is 24.4. The number of anilines is 1. The van der Waals surface area contributed by atoms with Crippen LogP contribution in [-0.4, -0.2) is 45.0 Å². The van der Waals surface area contributed by atoms with Crippen molar-refractivity contribution in [2.75, 3.05) is 23.9 Å². The van der Waals surface area contributed by atoms with Gasteiger partial charge in [-0.25, -0.2) is 13.2 Å². The number of hydrogen-bond donors (Lipinski definition) is 2. The average molecular weight is 515 g/mol. The minimum absolute atomic E-state index is 0.0666. The van der Waals surface area contributed by atoms with Crippen molar-refractivity contribution in [1.29, 1.82) is 0 Å². The molecule has 162 valence electrons. The first-order valence-electron chi connectivity index (χ1n) is 9.11. The van der Waals surface area contributed by atoms with Gasteiger partial charge in [0.1, 0.15) is 6.04 Å². The minimum Gasteiger partial charge on any atom is -0.462 e. The molecular formula is C20H23BrN2O5S2. The van der Waals surface area contributed by atoms with Crippen LogP contribution in [0.4, 0.5) is 5.69 Å². The number of ether oxygens (including phenoxy) is 1. The maximum atomic E-state index is 12.8. The van der Waals surface area contributed by atoms with E-state index < -0.39 is 27.9 Å². The predicted molar refractivity (Wildman–Crippen MR) is 122 cm³/mol. The van der Waals surface area contributed by atoms with Crippen molar-refractivity contribution < 1.29 is 22.7 Å². The van der Waals surface area contributed by atoms with Crippen molar-refractivity contribution >= 4 is 55.3 Å². The summed E-state index contributed by atoms with van der Waals surface area (Å²) in [5.74, 6) is -0.418.